The van der Waals surface area contributed by atoms with E-state index in [9.17, 15) is 0 Å². The number of rotatable bonds is 7. The van der Waals surface area contributed by atoms with Crippen molar-refractivity contribution >= 4 is 8.32 Å². The quantitative estimate of drug-likeness (QED) is 0.342. The Morgan fingerprint density at radius 3 is 2.52 bits per heavy atom. The summed E-state index contributed by atoms with van der Waals surface area (Å²) >= 11 is 0. The summed E-state index contributed by atoms with van der Waals surface area (Å²) in [6.07, 6.45) is 4.73. The van der Waals surface area contributed by atoms with Crippen LogP contribution in [0.1, 0.15) is 61.6 Å². The minimum absolute atomic E-state index is 0.109. The van der Waals surface area contributed by atoms with Gasteiger partial charge in [0.1, 0.15) is 24.2 Å². The van der Waals surface area contributed by atoms with Crippen LogP contribution in [0.15, 0.2) is 59.1 Å². The summed E-state index contributed by atoms with van der Waals surface area (Å²) in [6.45, 7) is 14.0. The zero-order valence-electron chi connectivity index (χ0n) is 20.9. The molecule has 0 N–H and O–H groups in total. The van der Waals surface area contributed by atoms with Crippen LogP contribution in [-0.2, 0) is 23.9 Å². The molecular weight excluding hydrogens is 426 g/mol. The first-order valence-electron chi connectivity index (χ1n) is 12.0. The second kappa shape index (κ2) is 9.47. The average Bonchev–Trinajstić information content (AvgIpc) is 3.21. The van der Waals surface area contributed by atoms with Crippen molar-refractivity contribution in [2.24, 2.45) is 5.92 Å². The molecule has 5 heteroatoms. The minimum Gasteiger partial charge on any atom is -0.489 e. The lowest BCUT2D eigenvalue weighted by Crippen LogP contribution is -2.43. The van der Waals surface area contributed by atoms with Crippen molar-refractivity contribution in [2.75, 3.05) is 0 Å². The number of nitrogens with zero attached hydrogens (tertiary/aromatic N) is 1. The SMILES string of the molecule is Cc1cnc(C(O[Si](C)(C)C(C)(C)C)C2CCc3cc(OCc4ccccc4)ccc3C2)o1. The number of hydrogen-bond donors (Lipinski definition) is 0. The maximum absolute atomic E-state index is 6.93. The van der Waals surface area contributed by atoms with E-state index in [1.54, 1.807) is 0 Å². The maximum atomic E-state index is 6.93. The highest BCUT2D eigenvalue weighted by molar-refractivity contribution is 6.74. The van der Waals surface area contributed by atoms with Crippen LogP contribution in [0.2, 0.25) is 18.1 Å². The molecule has 0 spiro atoms. The van der Waals surface area contributed by atoms with E-state index in [-0.39, 0.29) is 11.1 Å². The topological polar surface area (TPSA) is 44.5 Å². The Labute approximate surface area is 199 Å². The smallest absolute Gasteiger partial charge is 0.222 e. The third kappa shape index (κ3) is 5.59. The molecule has 0 radical (unpaired) electrons. The summed E-state index contributed by atoms with van der Waals surface area (Å²) in [7, 11) is -1.99. The molecule has 2 aromatic carbocycles. The van der Waals surface area contributed by atoms with E-state index in [1.807, 2.05) is 31.3 Å². The van der Waals surface area contributed by atoms with Gasteiger partial charge in [-0.1, -0.05) is 57.2 Å². The van der Waals surface area contributed by atoms with E-state index in [4.69, 9.17) is 13.6 Å². The second-order valence-electron chi connectivity index (χ2n) is 10.8. The van der Waals surface area contributed by atoms with Gasteiger partial charge >= 0.3 is 0 Å². The monoisotopic (exact) mass is 463 g/mol. The van der Waals surface area contributed by atoms with Crippen LogP contribution in [0.4, 0.5) is 0 Å². The molecule has 0 aliphatic heterocycles. The van der Waals surface area contributed by atoms with Crippen LogP contribution in [0.3, 0.4) is 0 Å². The fourth-order valence-corrected chi connectivity index (χ4v) is 5.48. The summed E-state index contributed by atoms with van der Waals surface area (Å²) in [5, 5.41) is 0.129. The number of fused-ring (bicyclic) bond motifs is 1. The number of aromatic nitrogens is 1. The molecule has 0 saturated carbocycles. The van der Waals surface area contributed by atoms with Crippen LogP contribution >= 0.6 is 0 Å². The van der Waals surface area contributed by atoms with Crippen LogP contribution < -0.4 is 4.74 Å². The third-order valence-corrected chi connectivity index (χ3v) is 11.7. The Morgan fingerprint density at radius 2 is 1.85 bits per heavy atom. The Kier molecular flexibility index (Phi) is 6.82. The second-order valence-corrected chi connectivity index (χ2v) is 15.6. The molecule has 1 heterocycles. The molecule has 1 aliphatic carbocycles. The molecule has 0 bridgehead atoms. The molecule has 0 saturated heterocycles. The fraction of sp³-hybridized carbons (Fsp3) is 0.464. The molecule has 2 unspecified atom stereocenters. The standard InChI is InChI=1S/C28H37NO3Si/c1-20-18-29-27(31-20)26(32-33(5,6)28(2,3)4)24-13-12-23-17-25(15-14-22(23)16-24)30-19-21-10-8-7-9-11-21/h7-11,14-15,17-18,24,26H,12-13,16,19H2,1-6H3. The number of ether oxygens (including phenoxy) is 1. The lowest BCUT2D eigenvalue weighted by Gasteiger charge is -2.41. The Hall–Kier alpha value is -2.37. The van der Waals surface area contributed by atoms with Crippen LogP contribution in [0, 0.1) is 12.8 Å². The van der Waals surface area contributed by atoms with E-state index in [2.05, 4.69) is 69.2 Å². The first-order valence-corrected chi connectivity index (χ1v) is 14.9. The van der Waals surface area contributed by atoms with Crippen LogP contribution in [0.5, 0.6) is 5.75 Å². The van der Waals surface area contributed by atoms with Crippen molar-refractivity contribution in [1.29, 1.82) is 0 Å². The number of hydrogen-bond acceptors (Lipinski definition) is 4. The summed E-state index contributed by atoms with van der Waals surface area (Å²) < 4.78 is 19.0. The zero-order chi connectivity index (χ0) is 23.6. The van der Waals surface area contributed by atoms with Gasteiger partial charge in [0.05, 0.1) is 6.20 Å². The third-order valence-electron chi connectivity index (χ3n) is 7.23. The normalized spacial score (nSPS) is 17.5. The molecule has 0 amide bonds. The summed E-state index contributed by atoms with van der Waals surface area (Å²) in [5.41, 5.74) is 3.94. The van der Waals surface area contributed by atoms with Crippen molar-refractivity contribution < 1.29 is 13.6 Å². The average molecular weight is 464 g/mol. The molecule has 1 aromatic heterocycles. The molecule has 33 heavy (non-hydrogen) atoms. The van der Waals surface area contributed by atoms with Gasteiger partial charge in [-0.25, -0.2) is 4.98 Å². The lowest BCUT2D eigenvalue weighted by molar-refractivity contribution is 0.0817. The molecule has 0 fully saturated rings. The zero-order valence-corrected chi connectivity index (χ0v) is 21.9. The largest absolute Gasteiger partial charge is 0.489 e. The van der Waals surface area contributed by atoms with Crippen molar-refractivity contribution in [3.8, 4) is 5.75 Å². The molecular formula is C28H37NO3Si. The fourth-order valence-electron chi connectivity index (χ4n) is 4.19. The van der Waals surface area contributed by atoms with E-state index >= 15 is 0 Å². The number of benzene rings is 2. The van der Waals surface area contributed by atoms with Crippen molar-refractivity contribution in [2.45, 2.75) is 77.8 Å². The number of aryl methyl sites for hydroxylation is 2. The first kappa shape index (κ1) is 23.8. The highest BCUT2D eigenvalue weighted by atomic mass is 28.4. The Morgan fingerprint density at radius 1 is 1.09 bits per heavy atom. The van der Waals surface area contributed by atoms with Crippen LogP contribution in [0.25, 0.3) is 0 Å². The van der Waals surface area contributed by atoms with Gasteiger partial charge in [0.15, 0.2) is 8.32 Å². The molecule has 3 aromatic rings. The van der Waals surface area contributed by atoms with Crippen molar-refractivity contribution in [3.63, 3.8) is 0 Å². The van der Waals surface area contributed by atoms with Crippen LogP contribution in [-0.4, -0.2) is 13.3 Å². The van der Waals surface area contributed by atoms with E-state index < -0.39 is 8.32 Å². The van der Waals surface area contributed by atoms with Gasteiger partial charge in [0.2, 0.25) is 5.89 Å². The van der Waals surface area contributed by atoms with Crippen molar-refractivity contribution in [3.05, 3.63) is 83.1 Å². The Balaban J connectivity index is 1.51. The van der Waals surface area contributed by atoms with Gasteiger partial charge in [-0.05, 0) is 79.1 Å². The van der Waals surface area contributed by atoms with Gasteiger partial charge in [-0.15, -0.1) is 0 Å². The predicted molar refractivity (Wildman–Crippen MR) is 135 cm³/mol. The van der Waals surface area contributed by atoms with Gasteiger partial charge < -0.3 is 13.6 Å². The Bertz CT molecular complexity index is 1070. The molecule has 176 valence electrons. The molecule has 4 rings (SSSR count). The molecule has 2 atom stereocenters. The lowest BCUT2D eigenvalue weighted by atomic mass is 9.81. The first-order chi connectivity index (χ1) is 15.6. The van der Waals surface area contributed by atoms with Gasteiger partial charge in [0.25, 0.3) is 0 Å². The summed E-state index contributed by atoms with van der Waals surface area (Å²) in [6, 6.07) is 16.8. The summed E-state index contributed by atoms with van der Waals surface area (Å²) in [5.74, 6) is 2.85. The minimum atomic E-state index is -1.99. The van der Waals surface area contributed by atoms with E-state index in [1.165, 1.54) is 16.7 Å². The predicted octanol–water partition coefficient (Wildman–Crippen LogP) is 7.43. The van der Waals surface area contributed by atoms with E-state index in [0.29, 0.717) is 12.5 Å². The highest BCUT2D eigenvalue weighted by Crippen LogP contribution is 2.44. The molecule has 1 aliphatic rings. The van der Waals surface area contributed by atoms with Gasteiger partial charge in [-0.2, -0.15) is 0 Å². The van der Waals surface area contributed by atoms with Gasteiger partial charge in [-0.3, -0.25) is 0 Å². The maximum Gasteiger partial charge on any atom is 0.222 e. The molecule has 4 nitrogen and oxygen atoms in total. The van der Waals surface area contributed by atoms with Crippen molar-refractivity contribution in [1.82, 2.24) is 4.98 Å². The summed E-state index contributed by atoms with van der Waals surface area (Å²) in [4.78, 5) is 4.59. The number of oxazole rings is 1. The highest BCUT2D eigenvalue weighted by Gasteiger charge is 2.43. The van der Waals surface area contributed by atoms with E-state index in [0.717, 1.165) is 36.7 Å². The van der Waals surface area contributed by atoms with Gasteiger partial charge in [0, 0.05) is 0 Å².